The second-order valence-corrected chi connectivity index (χ2v) is 9.33. The zero-order chi connectivity index (χ0) is 18.7. The molecule has 1 amide bonds. The smallest absolute Gasteiger partial charge is 0.241 e. The number of nitrogens with one attached hydrogen (secondary N) is 2. The fraction of sp³-hybridized carbons (Fsp3) is 0.611. The Morgan fingerprint density at radius 1 is 1.20 bits per heavy atom. The number of carbonyl (C=O) groups excluding carboxylic acids is 1. The third kappa shape index (κ3) is 5.26. The molecule has 1 aromatic rings. The van der Waals surface area contributed by atoms with Gasteiger partial charge >= 0.3 is 0 Å². The van der Waals surface area contributed by atoms with E-state index in [0.29, 0.717) is 0 Å². The average molecular weight is 368 g/mol. The van der Waals surface area contributed by atoms with Gasteiger partial charge in [0.1, 0.15) is 6.04 Å². The van der Waals surface area contributed by atoms with Crippen LogP contribution >= 0.6 is 0 Å². The summed E-state index contributed by atoms with van der Waals surface area (Å²) < 4.78 is 27.3. The van der Waals surface area contributed by atoms with Crippen LogP contribution in [0.25, 0.3) is 0 Å². The summed E-state index contributed by atoms with van der Waals surface area (Å²) in [5, 5.41) is 12.3. The molecule has 0 bridgehead atoms. The molecule has 0 saturated heterocycles. The minimum atomic E-state index is -3.88. The van der Waals surface area contributed by atoms with Gasteiger partial charge in [-0.3, -0.25) is 4.79 Å². The van der Waals surface area contributed by atoms with Crippen LogP contribution in [0.1, 0.15) is 52.0 Å². The Bertz CT molecular complexity index is 687. The monoisotopic (exact) mass is 368 g/mol. The van der Waals surface area contributed by atoms with E-state index in [2.05, 4.69) is 10.0 Å². The molecule has 0 heterocycles. The van der Waals surface area contributed by atoms with E-state index < -0.39 is 28.6 Å². The fourth-order valence-electron chi connectivity index (χ4n) is 2.94. The first-order valence-corrected chi connectivity index (χ1v) is 10.2. The van der Waals surface area contributed by atoms with Gasteiger partial charge in [-0.25, -0.2) is 8.42 Å². The molecule has 0 radical (unpaired) electrons. The largest absolute Gasteiger partial charge is 0.394 e. The van der Waals surface area contributed by atoms with Gasteiger partial charge in [-0.15, -0.1) is 0 Å². The van der Waals surface area contributed by atoms with E-state index in [0.717, 1.165) is 31.2 Å². The first kappa shape index (κ1) is 19.9. The first-order chi connectivity index (χ1) is 11.6. The molecule has 1 fully saturated rings. The zero-order valence-corrected chi connectivity index (χ0v) is 15.9. The predicted molar refractivity (Wildman–Crippen MR) is 96.7 cm³/mol. The van der Waals surface area contributed by atoms with Gasteiger partial charge in [0.25, 0.3) is 0 Å². The number of hydrogen-bond acceptors (Lipinski definition) is 4. The number of sulfonamides is 1. The third-order valence-corrected chi connectivity index (χ3v) is 6.02. The summed E-state index contributed by atoms with van der Waals surface area (Å²) in [6.07, 6.45) is 3.90. The van der Waals surface area contributed by atoms with Crippen LogP contribution in [0, 0.1) is 0 Å². The third-order valence-electron chi connectivity index (χ3n) is 4.53. The Hall–Kier alpha value is -1.44. The summed E-state index contributed by atoms with van der Waals surface area (Å²) in [5.74, 6) is -0.482. The molecule has 0 unspecified atom stereocenters. The average Bonchev–Trinajstić information content (AvgIpc) is 3.04. The van der Waals surface area contributed by atoms with Crippen LogP contribution in [0.2, 0.25) is 0 Å². The first-order valence-electron chi connectivity index (χ1n) is 8.67. The number of rotatable bonds is 6. The highest BCUT2D eigenvalue weighted by atomic mass is 32.2. The molecule has 1 aromatic carbocycles. The van der Waals surface area contributed by atoms with Gasteiger partial charge in [0.2, 0.25) is 15.9 Å². The molecule has 0 aromatic heterocycles. The van der Waals surface area contributed by atoms with Gasteiger partial charge in [-0.05, 0) is 36.0 Å². The summed E-state index contributed by atoms with van der Waals surface area (Å²) >= 11 is 0. The van der Waals surface area contributed by atoms with Crippen LogP contribution < -0.4 is 10.0 Å². The summed E-state index contributed by atoms with van der Waals surface area (Å²) in [5.41, 5.74) is 0.939. The van der Waals surface area contributed by atoms with Gasteiger partial charge < -0.3 is 10.4 Å². The minimum absolute atomic E-state index is 0.0668. The summed E-state index contributed by atoms with van der Waals surface area (Å²) in [4.78, 5) is 12.3. The number of aliphatic hydroxyl groups excluding tert-OH is 1. The number of carbonyl (C=O) groups is 1. The van der Waals surface area contributed by atoms with Crippen LogP contribution in [0.3, 0.4) is 0 Å². The molecule has 6 nitrogen and oxygen atoms in total. The molecule has 1 aliphatic rings. The highest BCUT2D eigenvalue weighted by molar-refractivity contribution is 7.89. The van der Waals surface area contributed by atoms with Crippen LogP contribution in [0.4, 0.5) is 0 Å². The second kappa shape index (κ2) is 7.85. The molecule has 1 saturated carbocycles. The Morgan fingerprint density at radius 3 is 2.24 bits per heavy atom. The minimum Gasteiger partial charge on any atom is -0.394 e. The van der Waals surface area contributed by atoms with Crippen LogP contribution in [-0.2, 0) is 20.2 Å². The topological polar surface area (TPSA) is 95.5 Å². The molecule has 3 N–H and O–H groups in total. The highest BCUT2D eigenvalue weighted by Gasteiger charge is 2.28. The maximum atomic E-state index is 12.5. The molecular weight excluding hydrogens is 340 g/mol. The lowest BCUT2D eigenvalue weighted by molar-refractivity contribution is -0.124. The SMILES string of the molecule is CC(C)(C)c1ccc(S(=O)(=O)N[C@@H](CO)C(=O)NC2CCCC2)cc1. The van der Waals surface area contributed by atoms with Gasteiger partial charge in [0.15, 0.2) is 0 Å². The summed E-state index contributed by atoms with van der Waals surface area (Å²) in [6.45, 7) is 5.55. The molecular formula is C18H28N2O4S. The van der Waals surface area contributed by atoms with Crippen molar-refractivity contribution in [1.29, 1.82) is 0 Å². The number of amides is 1. The Kier molecular flexibility index (Phi) is 6.24. The van der Waals surface area contributed by atoms with E-state index in [4.69, 9.17) is 0 Å². The van der Waals surface area contributed by atoms with Crippen molar-refractivity contribution in [2.75, 3.05) is 6.61 Å². The lowest BCUT2D eigenvalue weighted by atomic mass is 9.87. The van der Waals surface area contributed by atoms with Gasteiger partial charge in [0.05, 0.1) is 11.5 Å². The fourth-order valence-corrected chi connectivity index (χ4v) is 4.12. The van der Waals surface area contributed by atoms with Crippen molar-refractivity contribution >= 4 is 15.9 Å². The normalized spacial score (nSPS) is 17.4. The van der Waals surface area contributed by atoms with Crippen molar-refractivity contribution in [1.82, 2.24) is 10.0 Å². The molecule has 2 rings (SSSR count). The molecule has 140 valence electrons. The molecule has 0 spiro atoms. The van der Waals surface area contributed by atoms with E-state index in [-0.39, 0.29) is 16.4 Å². The molecule has 0 aliphatic heterocycles. The zero-order valence-electron chi connectivity index (χ0n) is 15.1. The standard InChI is InChI=1S/C18H28N2O4S/c1-18(2,3)13-8-10-15(11-9-13)25(23,24)20-16(12-21)17(22)19-14-6-4-5-7-14/h8-11,14,16,20-21H,4-7,12H2,1-3H3,(H,19,22)/t16-/m0/s1. The predicted octanol–water partition coefficient (Wildman–Crippen LogP) is 1.68. The molecule has 1 aliphatic carbocycles. The lowest BCUT2D eigenvalue weighted by Gasteiger charge is -2.21. The summed E-state index contributed by atoms with van der Waals surface area (Å²) in [6, 6.07) is 5.45. The van der Waals surface area contributed by atoms with Crippen LogP contribution in [-0.4, -0.2) is 38.1 Å². The Morgan fingerprint density at radius 2 is 1.76 bits per heavy atom. The van der Waals surface area contributed by atoms with E-state index in [1.165, 1.54) is 12.1 Å². The van der Waals surface area contributed by atoms with Gasteiger partial charge in [-0.2, -0.15) is 4.72 Å². The van der Waals surface area contributed by atoms with Crippen molar-refractivity contribution in [3.63, 3.8) is 0 Å². The molecule has 1 atom stereocenters. The highest BCUT2D eigenvalue weighted by Crippen LogP contribution is 2.23. The van der Waals surface area contributed by atoms with Crippen molar-refractivity contribution in [2.24, 2.45) is 0 Å². The lowest BCUT2D eigenvalue weighted by Crippen LogP contribution is -2.50. The van der Waals surface area contributed by atoms with Crippen molar-refractivity contribution in [2.45, 2.75) is 68.8 Å². The van der Waals surface area contributed by atoms with Crippen molar-refractivity contribution < 1.29 is 18.3 Å². The summed E-state index contributed by atoms with van der Waals surface area (Å²) in [7, 11) is -3.88. The molecule has 7 heteroatoms. The Balaban J connectivity index is 2.08. The van der Waals surface area contributed by atoms with Crippen molar-refractivity contribution in [3.8, 4) is 0 Å². The van der Waals surface area contributed by atoms with Gasteiger partial charge in [-0.1, -0.05) is 45.7 Å². The van der Waals surface area contributed by atoms with E-state index >= 15 is 0 Å². The van der Waals surface area contributed by atoms with E-state index in [1.807, 2.05) is 20.8 Å². The number of hydrogen-bond donors (Lipinski definition) is 3. The van der Waals surface area contributed by atoms with Crippen LogP contribution in [0.5, 0.6) is 0 Å². The molecule has 25 heavy (non-hydrogen) atoms. The number of aliphatic hydroxyl groups is 1. The van der Waals surface area contributed by atoms with Crippen LogP contribution in [0.15, 0.2) is 29.2 Å². The van der Waals surface area contributed by atoms with E-state index in [1.54, 1.807) is 12.1 Å². The number of benzene rings is 1. The Labute approximate surface area is 150 Å². The van der Waals surface area contributed by atoms with E-state index in [9.17, 15) is 18.3 Å². The maximum Gasteiger partial charge on any atom is 0.241 e. The van der Waals surface area contributed by atoms with Gasteiger partial charge in [0, 0.05) is 6.04 Å². The second-order valence-electron chi connectivity index (χ2n) is 7.62. The van der Waals surface area contributed by atoms with Crippen molar-refractivity contribution in [3.05, 3.63) is 29.8 Å². The quantitative estimate of drug-likeness (QED) is 0.712. The maximum absolute atomic E-state index is 12.5.